The highest BCUT2D eigenvalue weighted by Gasteiger charge is 2.37. The topological polar surface area (TPSA) is 70.2 Å². The number of halogens is 1. The Kier molecular flexibility index (Phi) is 6.90. The first-order chi connectivity index (χ1) is 15.8. The molecule has 0 N–H and O–H groups in total. The average Bonchev–Trinajstić information content (AvgIpc) is 2.84. The van der Waals surface area contributed by atoms with Crippen molar-refractivity contribution in [3.8, 4) is 5.75 Å². The second-order valence-electron chi connectivity index (χ2n) is 8.65. The molecule has 0 aliphatic carbocycles. The molecule has 2 fully saturated rings. The van der Waals surface area contributed by atoms with Gasteiger partial charge >= 0.3 is 0 Å². The summed E-state index contributed by atoms with van der Waals surface area (Å²) in [6, 6.07) is 11.5. The minimum atomic E-state index is -3.77. The molecule has 2 aromatic carbocycles. The Labute approximate surface area is 194 Å². The Morgan fingerprint density at radius 3 is 2.39 bits per heavy atom. The number of benzene rings is 2. The third kappa shape index (κ3) is 4.99. The zero-order valence-corrected chi connectivity index (χ0v) is 19.9. The average molecular weight is 476 g/mol. The number of methoxy groups -OCH3 is 1. The molecule has 2 heterocycles. The van der Waals surface area contributed by atoms with Gasteiger partial charge < -0.3 is 14.5 Å². The number of rotatable bonds is 5. The van der Waals surface area contributed by atoms with Crippen molar-refractivity contribution in [1.29, 1.82) is 0 Å². The molecule has 178 valence electrons. The van der Waals surface area contributed by atoms with Crippen molar-refractivity contribution < 1.29 is 22.3 Å². The molecular weight excluding hydrogens is 445 g/mol. The van der Waals surface area contributed by atoms with Gasteiger partial charge in [-0.05, 0) is 61.7 Å². The zero-order valence-electron chi connectivity index (χ0n) is 19.0. The van der Waals surface area contributed by atoms with Crippen molar-refractivity contribution in [3.05, 3.63) is 53.8 Å². The van der Waals surface area contributed by atoms with Crippen molar-refractivity contribution in [2.45, 2.75) is 24.7 Å². The lowest BCUT2D eigenvalue weighted by atomic mass is 9.97. The number of nitrogens with zero attached hydrogens (tertiary/aromatic N) is 3. The van der Waals surface area contributed by atoms with E-state index in [1.807, 2.05) is 17.9 Å². The van der Waals surface area contributed by atoms with Crippen LogP contribution in [0.2, 0.25) is 0 Å². The van der Waals surface area contributed by atoms with E-state index in [1.54, 1.807) is 24.3 Å². The minimum absolute atomic E-state index is 0.00450. The van der Waals surface area contributed by atoms with Crippen LogP contribution >= 0.6 is 0 Å². The molecule has 0 unspecified atom stereocenters. The second kappa shape index (κ2) is 9.69. The summed E-state index contributed by atoms with van der Waals surface area (Å²) in [6.45, 7) is 4.85. The summed E-state index contributed by atoms with van der Waals surface area (Å²) < 4.78 is 46.7. The predicted molar refractivity (Wildman–Crippen MR) is 124 cm³/mol. The number of ether oxygens (including phenoxy) is 1. The van der Waals surface area contributed by atoms with Gasteiger partial charge in [-0.25, -0.2) is 12.8 Å². The van der Waals surface area contributed by atoms with Crippen LogP contribution < -0.4 is 9.64 Å². The Bertz CT molecular complexity index is 1100. The molecule has 7 nitrogen and oxygen atoms in total. The van der Waals surface area contributed by atoms with Crippen LogP contribution in [0.3, 0.4) is 0 Å². The number of piperazine rings is 1. The monoisotopic (exact) mass is 475 g/mol. The summed E-state index contributed by atoms with van der Waals surface area (Å²) in [7, 11) is -2.32. The summed E-state index contributed by atoms with van der Waals surface area (Å²) in [5.41, 5.74) is 1.77. The van der Waals surface area contributed by atoms with Gasteiger partial charge in [0.1, 0.15) is 16.5 Å². The van der Waals surface area contributed by atoms with Gasteiger partial charge in [0.05, 0.1) is 13.0 Å². The quantitative estimate of drug-likeness (QED) is 0.665. The summed E-state index contributed by atoms with van der Waals surface area (Å²) in [5, 5.41) is 0. The summed E-state index contributed by atoms with van der Waals surface area (Å²) >= 11 is 0. The number of amides is 1. The Balaban J connectivity index is 1.42. The van der Waals surface area contributed by atoms with Crippen LogP contribution in [0.15, 0.2) is 47.4 Å². The number of anilines is 1. The molecule has 0 saturated carbocycles. The number of aryl methyl sites for hydroxylation is 1. The molecular formula is C24H30FN3O4S. The van der Waals surface area contributed by atoms with E-state index < -0.39 is 10.0 Å². The van der Waals surface area contributed by atoms with Gasteiger partial charge in [0, 0.05) is 45.0 Å². The predicted octanol–water partition coefficient (Wildman–Crippen LogP) is 2.89. The van der Waals surface area contributed by atoms with E-state index in [4.69, 9.17) is 4.74 Å². The van der Waals surface area contributed by atoms with E-state index in [-0.39, 0.29) is 29.1 Å². The standard InChI is InChI=1S/C24H30FN3O4S/c1-18-5-10-22(32-2)23(16-18)33(30,31)28-11-3-4-19(17-28)24(29)27-14-12-26(13-15-27)21-8-6-20(25)7-9-21/h5-10,16,19H,3-4,11-15,17H2,1-2H3/t19-/m1/s1. The van der Waals surface area contributed by atoms with Gasteiger partial charge in [-0.2, -0.15) is 4.31 Å². The first kappa shape index (κ1) is 23.5. The third-order valence-corrected chi connectivity index (χ3v) is 8.34. The molecule has 2 aliphatic rings. The molecule has 33 heavy (non-hydrogen) atoms. The van der Waals surface area contributed by atoms with Crippen LogP contribution in [0.4, 0.5) is 10.1 Å². The van der Waals surface area contributed by atoms with Gasteiger partial charge in [0.2, 0.25) is 15.9 Å². The van der Waals surface area contributed by atoms with Crippen LogP contribution in [0.5, 0.6) is 5.75 Å². The first-order valence-corrected chi connectivity index (χ1v) is 12.7. The molecule has 9 heteroatoms. The fourth-order valence-electron chi connectivity index (χ4n) is 4.58. The van der Waals surface area contributed by atoms with E-state index >= 15 is 0 Å². The molecule has 2 aliphatic heterocycles. The molecule has 0 radical (unpaired) electrons. The van der Waals surface area contributed by atoms with Crippen molar-refractivity contribution in [2.75, 3.05) is 51.3 Å². The fourth-order valence-corrected chi connectivity index (χ4v) is 6.35. The van der Waals surface area contributed by atoms with Gasteiger partial charge in [0.25, 0.3) is 0 Å². The van der Waals surface area contributed by atoms with Crippen LogP contribution in [0.25, 0.3) is 0 Å². The number of carbonyl (C=O) groups is 1. The molecule has 0 aromatic heterocycles. The molecule has 0 bridgehead atoms. The highest BCUT2D eigenvalue weighted by atomic mass is 32.2. The van der Waals surface area contributed by atoms with Crippen molar-refractivity contribution >= 4 is 21.6 Å². The maximum absolute atomic E-state index is 13.4. The van der Waals surface area contributed by atoms with Crippen LogP contribution in [0, 0.1) is 18.7 Å². The van der Waals surface area contributed by atoms with E-state index in [0.29, 0.717) is 51.3 Å². The van der Waals surface area contributed by atoms with Gasteiger partial charge in [-0.3, -0.25) is 4.79 Å². The van der Waals surface area contributed by atoms with Gasteiger partial charge in [0.15, 0.2) is 0 Å². The lowest BCUT2D eigenvalue weighted by Crippen LogP contribution is -2.53. The number of hydrogen-bond donors (Lipinski definition) is 0. The normalized spacial score (nSPS) is 20.0. The van der Waals surface area contributed by atoms with Crippen molar-refractivity contribution in [2.24, 2.45) is 5.92 Å². The Hall–Kier alpha value is -2.65. The van der Waals surface area contributed by atoms with Crippen LogP contribution in [-0.4, -0.2) is 69.9 Å². The second-order valence-corrected chi connectivity index (χ2v) is 10.6. The molecule has 1 atom stereocenters. The van der Waals surface area contributed by atoms with E-state index in [0.717, 1.165) is 11.3 Å². The van der Waals surface area contributed by atoms with Crippen molar-refractivity contribution in [1.82, 2.24) is 9.21 Å². The molecule has 4 rings (SSSR count). The van der Waals surface area contributed by atoms with Gasteiger partial charge in [-0.15, -0.1) is 0 Å². The molecule has 2 saturated heterocycles. The van der Waals surface area contributed by atoms with Gasteiger partial charge in [-0.1, -0.05) is 6.07 Å². The maximum Gasteiger partial charge on any atom is 0.246 e. The summed E-state index contributed by atoms with van der Waals surface area (Å²) in [4.78, 5) is 17.3. The first-order valence-electron chi connectivity index (χ1n) is 11.2. The Morgan fingerprint density at radius 2 is 1.73 bits per heavy atom. The molecule has 0 spiro atoms. The van der Waals surface area contributed by atoms with Crippen LogP contribution in [0.1, 0.15) is 18.4 Å². The lowest BCUT2D eigenvalue weighted by molar-refractivity contribution is -0.137. The highest BCUT2D eigenvalue weighted by Crippen LogP contribution is 2.31. The molecule has 2 aromatic rings. The number of piperidine rings is 1. The van der Waals surface area contributed by atoms with E-state index in [9.17, 15) is 17.6 Å². The zero-order chi connectivity index (χ0) is 23.6. The SMILES string of the molecule is COc1ccc(C)cc1S(=O)(=O)N1CCC[C@@H](C(=O)N2CCN(c3ccc(F)cc3)CC2)C1. The Morgan fingerprint density at radius 1 is 1.03 bits per heavy atom. The largest absolute Gasteiger partial charge is 0.495 e. The fraction of sp³-hybridized carbons (Fsp3) is 0.458. The summed E-state index contributed by atoms with van der Waals surface area (Å²) in [5.74, 6) is -0.315. The van der Waals surface area contributed by atoms with E-state index in [2.05, 4.69) is 4.90 Å². The minimum Gasteiger partial charge on any atom is -0.495 e. The summed E-state index contributed by atoms with van der Waals surface area (Å²) in [6.07, 6.45) is 1.31. The van der Waals surface area contributed by atoms with E-state index in [1.165, 1.54) is 23.5 Å². The molecule has 1 amide bonds. The number of hydrogen-bond acceptors (Lipinski definition) is 5. The van der Waals surface area contributed by atoms with Crippen molar-refractivity contribution in [3.63, 3.8) is 0 Å². The lowest BCUT2D eigenvalue weighted by Gasteiger charge is -2.39. The maximum atomic E-state index is 13.4. The highest BCUT2D eigenvalue weighted by molar-refractivity contribution is 7.89. The number of carbonyl (C=O) groups excluding carboxylic acids is 1. The number of sulfonamides is 1. The third-order valence-electron chi connectivity index (χ3n) is 6.45. The smallest absolute Gasteiger partial charge is 0.246 e. The van der Waals surface area contributed by atoms with Crippen LogP contribution in [-0.2, 0) is 14.8 Å².